The molecule has 1 aromatic carbocycles. The summed E-state index contributed by atoms with van der Waals surface area (Å²) in [6.45, 7) is 1.61. The highest BCUT2D eigenvalue weighted by atomic mass is 32.1. The van der Waals surface area contributed by atoms with E-state index in [1.807, 2.05) is 0 Å². The van der Waals surface area contributed by atoms with E-state index in [9.17, 15) is 20.3 Å². The number of nitrogens with two attached hydrogens (primary N) is 1. The first-order chi connectivity index (χ1) is 8.38. The summed E-state index contributed by atoms with van der Waals surface area (Å²) in [5.41, 5.74) is 6.54. The standard InChI is InChI=1S/C11H16N2O4S/c1-6-4-7(13(16)17)5-8(10(6)12)11(15)9(14)2-3-18/h4-5,9,11,14-15,18H,2-3,12H2,1H3. The van der Waals surface area contributed by atoms with Gasteiger partial charge in [0.2, 0.25) is 0 Å². The molecule has 4 N–H and O–H groups in total. The summed E-state index contributed by atoms with van der Waals surface area (Å²) in [5, 5.41) is 30.4. The number of hydrogen-bond acceptors (Lipinski definition) is 6. The minimum absolute atomic E-state index is 0.158. The van der Waals surface area contributed by atoms with Crippen LogP contribution in [0.3, 0.4) is 0 Å². The molecule has 0 bridgehead atoms. The van der Waals surface area contributed by atoms with Crippen LogP contribution in [0.15, 0.2) is 12.1 Å². The lowest BCUT2D eigenvalue weighted by molar-refractivity contribution is -0.385. The molecule has 0 aliphatic rings. The summed E-state index contributed by atoms with van der Waals surface area (Å²) < 4.78 is 0. The van der Waals surface area contributed by atoms with Gasteiger partial charge in [0.25, 0.3) is 5.69 Å². The molecule has 1 rings (SSSR count). The minimum Gasteiger partial charge on any atom is -0.398 e. The van der Waals surface area contributed by atoms with Gasteiger partial charge in [-0.3, -0.25) is 10.1 Å². The van der Waals surface area contributed by atoms with Crippen LogP contribution in [-0.4, -0.2) is 27.0 Å². The van der Waals surface area contributed by atoms with Crippen LogP contribution in [0, 0.1) is 17.0 Å². The van der Waals surface area contributed by atoms with Crippen molar-refractivity contribution in [3.63, 3.8) is 0 Å². The van der Waals surface area contributed by atoms with Gasteiger partial charge in [0.05, 0.1) is 11.0 Å². The SMILES string of the molecule is Cc1cc([N+](=O)[O-])cc(C(O)C(O)CCS)c1N. The number of nitro groups is 1. The van der Waals surface area contributed by atoms with Crippen molar-refractivity contribution < 1.29 is 15.1 Å². The second-order valence-electron chi connectivity index (χ2n) is 4.05. The van der Waals surface area contributed by atoms with Crippen molar-refractivity contribution in [2.45, 2.75) is 25.6 Å². The van der Waals surface area contributed by atoms with Crippen molar-refractivity contribution in [1.82, 2.24) is 0 Å². The van der Waals surface area contributed by atoms with E-state index in [4.69, 9.17) is 5.73 Å². The van der Waals surface area contributed by atoms with Gasteiger partial charge >= 0.3 is 0 Å². The van der Waals surface area contributed by atoms with Crippen LogP contribution >= 0.6 is 12.6 Å². The first-order valence-corrected chi connectivity index (χ1v) is 6.03. The maximum absolute atomic E-state index is 10.7. The number of anilines is 1. The van der Waals surface area contributed by atoms with E-state index < -0.39 is 17.1 Å². The van der Waals surface area contributed by atoms with Crippen molar-refractivity contribution in [2.24, 2.45) is 0 Å². The average molecular weight is 272 g/mol. The van der Waals surface area contributed by atoms with Gasteiger partial charge in [-0.15, -0.1) is 0 Å². The maximum atomic E-state index is 10.7. The second-order valence-corrected chi connectivity index (χ2v) is 4.49. The third-order valence-electron chi connectivity index (χ3n) is 2.72. The topological polar surface area (TPSA) is 110 Å². The largest absolute Gasteiger partial charge is 0.398 e. The Morgan fingerprint density at radius 2 is 2.11 bits per heavy atom. The maximum Gasteiger partial charge on any atom is 0.270 e. The highest BCUT2D eigenvalue weighted by molar-refractivity contribution is 7.80. The monoisotopic (exact) mass is 272 g/mol. The smallest absolute Gasteiger partial charge is 0.270 e. The summed E-state index contributed by atoms with van der Waals surface area (Å²) in [5.74, 6) is 0.395. The molecule has 1 aromatic rings. The zero-order valence-corrected chi connectivity index (χ0v) is 10.8. The highest BCUT2D eigenvalue weighted by Gasteiger charge is 2.23. The van der Waals surface area contributed by atoms with Gasteiger partial charge in [-0.1, -0.05) is 0 Å². The molecule has 0 saturated heterocycles. The molecule has 0 radical (unpaired) electrons. The number of non-ortho nitro benzene ring substituents is 1. The van der Waals surface area contributed by atoms with Crippen molar-refractivity contribution >= 4 is 24.0 Å². The van der Waals surface area contributed by atoms with Crippen molar-refractivity contribution in [2.75, 3.05) is 11.5 Å². The zero-order valence-electron chi connectivity index (χ0n) is 9.91. The number of aliphatic hydroxyl groups excluding tert-OH is 2. The molecule has 2 unspecified atom stereocenters. The summed E-state index contributed by atoms with van der Waals surface area (Å²) in [6, 6.07) is 2.52. The molecule has 18 heavy (non-hydrogen) atoms. The molecule has 0 fully saturated rings. The third-order valence-corrected chi connectivity index (χ3v) is 2.98. The van der Waals surface area contributed by atoms with Crippen LogP contribution in [0.25, 0.3) is 0 Å². The molecule has 0 aromatic heterocycles. The number of aryl methyl sites for hydroxylation is 1. The Balaban J connectivity index is 3.18. The van der Waals surface area contributed by atoms with Crippen LogP contribution in [0.5, 0.6) is 0 Å². The van der Waals surface area contributed by atoms with E-state index in [1.165, 1.54) is 12.1 Å². The molecular formula is C11H16N2O4S. The van der Waals surface area contributed by atoms with E-state index in [0.29, 0.717) is 11.3 Å². The number of nitro benzene ring substituents is 1. The number of benzene rings is 1. The van der Waals surface area contributed by atoms with E-state index in [0.717, 1.165) is 0 Å². The first kappa shape index (κ1) is 14.7. The van der Waals surface area contributed by atoms with E-state index in [-0.39, 0.29) is 23.4 Å². The summed E-state index contributed by atoms with van der Waals surface area (Å²) in [7, 11) is 0. The Bertz CT molecular complexity index is 453. The normalized spacial score (nSPS) is 14.2. The molecular weight excluding hydrogens is 256 g/mol. The second kappa shape index (κ2) is 6.03. The van der Waals surface area contributed by atoms with Crippen LogP contribution in [0.4, 0.5) is 11.4 Å². The lowest BCUT2D eigenvalue weighted by Gasteiger charge is -2.19. The minimum atomic E-state index is -1.25. The zero-order chi connectivity index (χ0) is 13.9. The molecule has 0 saturated carbocycles. The lowest BCUT2D eigenvalue weighted by atomic mass is 9.97. The van der Waals surface area contributed by atoms with E-state index in [1.54, 1.807) is 6.92 Å². The first-order valence-electron chi connectivity index (χ1n) is 5.40. The molecule has 7 heteroatoms. The van der Waals surface area contributed by atoms with Crippen molar-refractivity contribution in [1.29, 1.82) is 0 Å². The fraction of sp³-hybridized carbons (Fsp3) is 0.455. The van der Waals surface area contributed by atoms with Crippen molar-refractivity contribution in [3.8, 4) is 0 Å². The van der Waals surface area contributed by atoms with Gasteiger partial charge in [-0.05, 0) is 24.7 Å². The van der Waals surface area contributed by atoms with Gasteiger partial charge in [-0.2, -0.15) is 12.6 Å². The molecule has 0 amide bonds. The number of rotatable bonds is 5. The van der Waals surface area contributed by atoms with Gasteiger partial charge < -0.3 is 15.9 Å². The summed E-state index contributed by atoms with van der Waals surface area (Å²) >= 11 is 3.96. The number of thiol groups is 1. The van der Waals surface area contributed by atoms with Gasteiger partial charge in [-0.25, -0.2) is 0 Å². The molecule has 0 heterocycles. The van der Waals surface area contributed by atoms with Crippen LogP contribution in [-0.2, 0) is 0 Å². The molecule has 0 aliphatic carbocycles. The Morgan fingerprint density at radius 3 is 2.61 bits per heavy atom. The number of nitrogens with zero attached hydrogens (tertiary/aromatic N) is 1. The fourth-order valence-electron chi connectivity index (χ4n) is 1.65. The predicted molar refractivity (Wildman–Crippen MR) is 71.7 cm³/mol. The number of nitrogen functional groups attached to an aromatic ring is 1. The Hall–Kier alpha value is -1.31. The fourth-order valence-corrected chi connectivity index (χ4v) is 1.92. The van der Waals surface area contributed by atoms with E-state index >= 15 is 0 Å². The quantitative estimate of drug-likeness (QED) is 0.279. The van der Waals surface area contributed by atoms with Crippen LogP contribution < -0.4 is 5.73 Å². The molecule has 100 valence electrons. The summed E-state index contributed by atoms with van der Waals surface area (Å²) in [4.78, 5) is 10.2. The van der Waals surface area contributed by atoms with Crippen LogP contribution in [0.2, 0.25) is 0 Å². The summed E-state index contributed by atoms with van der Waals surface area (Å²) in [6.07, 6.45) is -2.03. The average Bonchev–Trinajstić information content (AvgIpc) is 2.31. The lowest BCUT2D eigenvalue weighted by Crippen LogP contribution is -2.20. The predicted octanol–water partition coefficient (Wildman–Crippen LogP) is 1.20. The Morgan fingerprint density at radius 1 is 1.50 bits per heavy atom. The Labute approximate surface area is 110 Å². The van der Waals surface area contributed by atoms with E-state index in [2.05, 4.69) is 12.6 Å². The molecule has 2 atom stereocenters. The molecule has 6 nitrogen and oxygen atoms in total. The number of aliphatic hydroxyl groups is 2. The number of hydrogen-bond donors (Lipinski definition) is 4. The van der Waals surface area contributed by atoms with Gasteiger partial charge in [0.1, 0.15) is 6.10 Å². The third kappa shape index (κ3) is 3.12. The molecule has 0 spiro atoms. The van der Waals surface area contributed by atoms with Crippen molar-refractivity contribution in [3.05, 3.63) is 33.4 Å². The Kier molecular flexibility index (Phi) is 4.94. The van der Waals surface area contributed by atoms with Crippen LogP contribution in [0.1, 0.15) is 23.7 Å². The van der Waals surface area contributed by atoms with Gasteiger partial charge in [0, 0.05) is 23.4 Å². The highest BCUT2D eigenvalue weighted by Crippen LogP contribution is 2.31. The molecule has 0 aliphatic heterocycles. The van der Waals surface area contributed by atoms with Gasteiger partial charge in [0.15, 0.2) is 0 Å².